The second-order valence-electron chi connectivity index (χ2n) is 6.78. The van der Waals surface area contributed by atoms with Gasteiger partial charge in [-0.2, -0.15) is 0 Å². The number of nitrogens with zero attached hydrogens (tertiary/aromatic N) is 1. The van der Waals surface area contributed by atoms with Crippen molar-refractivity contribution in [2.45, 2.75) is 36.0 Å². The van der Waals surface area contributed by atoms with Crippen LogP contribution in [0.25, 0.3) is 10.9 Å². The topological polar surface area (TPSA) is 99.4 Å². The molecule has 1 saturated carbocycles. The van der Waals surface area contributed by atoms with E-state index in [2.05, 4.69) is 4.98 Å². The van der Waals surface area contributed by atoms with Gasteiger partial charge in [-0.05, 0) is 44.0 Å². The summed E-state index contributed by atoms with van der Waals surface area (Å²) in [6.45, 7) is 2.14. The Kier molecular flexibility index (Phi) is 3.24. The molecule has 0 radical (unpaired) electrons. The van der Waals surface area contributed by atoms with Gasteiger partial charge >= 0.3 is 0 Å². The molecular formula is C17H18N2O4S. The van der Waals surface area contributed by atoms with Crippen molar-refractivity contribution in [1.82, 2.24) is 4.98 Å². The first-order valence-corrected chi connectivity index (χ1v) is 9.39. The number of carbonyl (C=O) groups excluding carboxylic acids is 1. The maximum atomic E-state index is 13.1. The quantitative estimate of drug-likeness (QED) is 0.904. The van der Waals surface area contributed by atoms with E-state index in [0.29, 0.717) is 28.6 Å². The smallest absolute Gasteiger partial charge is 0.246 e. The van der Waals surface area contributed by atoms with Crippen LogP contribution < -0.4 is 5.73 Å². The predicted octanol–water partition coefficient (Wildman–Crippen LogP) is 1.35. The maximum Gasteiger partial charge on any atom is 0.246 e. The first kappa shape index (κ1) is 15.5. The first-order valence-electron chi connectivity index (χ1n) is 7.85. The highest BCUT2D eigenvalue weighted by molar-refractivity contribution is 7.92. The molecule has 1 aliphatic carbocycles. The summed E-state index contributed by atoms with van der Waals surface area (Å²) in [6.07, 6.45) is 0.213. The van der Waals surface area contributed by atoms with Crippen LogP contribution in [0.5, 0.6) is 0 Å². The molecule has 1 aliphatic heterocycles. The number of benzene rings is 1. The van der Waals surface area contributed by atoms with Crippen molar-refractivity contribution in [3.63, 3.8) is 0 Å². The number of aromatic nitrogens is 1. The third kappa shape index (κ3) is 2.22. The molecule has 24 heavy (non-hydrogen) atoms. The largest absolute Gasteiger partial charge is 0.368 e. The van der Waals surface area contributed by atoms with E-state index in [0.717, 1.165) is 5.69 Å². The number of nitrogens with two attached hydrogens (primary N) is 1. The number of amides is 1. The fraction of sp³-hybridized carbons (Fsp3) is 0.412. The third-order valence-corrected chi connectivity index (χ3v) is 7.49. The molecule has 1 aromatic heterocycles. The van der Waals surface area contributed by atoms with Crippen LogP contribution in [-0.2, 0) is 19.4 Å². The molecule has 2 fully saturated rings. The van der Waals surface area contributed by atoms with Gasteiger partial charge in [0.05, 0.1) is 22.3 Å². The van der Waals surface area contributed by atoms with Crippen LogP contribution in [0, 0.1) is 12.3 Å². The van der Waals surface area contributed by atoms with Crippen molar-refractivity contribution in [3.8, 4) is 0 Å². The zero-order valence-corrected chi connectivity index (χ0v) is 14.0. The molecule has 2 heterocycles. The molecule has 0 bridgehead atoms. The average Bonchev–Trinajstić information content (AvgIpc) is 3.07. The van der Waals surface area contributed by atoms with E-state index in [1.165, 1.54) is 0 Å². The average molecular weight is 346 g/mol. The van der Waals surface area contributed by atoms with E-state index in [9.17, 15) is 13.2 Å². The summed E-state index contributed by atoms with van der Waals surface area (Å²) in [4.78, 5) is 16.0. The highest BCUT2D eigenvalue weighted by atomic mass is 32.2. The minimum atomic E-state index is -3.52. The van der Waals surface area contributed by atoms with Gasteiger partial charge in [-0.15, -0.1) is 0 Å². The van der Waals surface area contributed by atoms with Crippen LogP contribution in [0.2, 0.25) is 0 Å². The van der Waals surface area contributed by atoms with Crippen LogP contribution >= 0.6 is 0 Å². The van der Waals surface area contributed by atoms with Crippen molar-refractivity contribution in [1.29, 1.82) is 0 Å². The number of pyridine rings is 1. The standard InChI is InChI=1S/C17H18N2O4S/c1-10-5-6-11-12(19-10)3-2-4-14(11)24(21,22)15-8-17(15)7-13(16(18)20)23-9-17/h2-6,13,15H,7-9H2,1H3,(H2,18,20)/t13?,15-,17?/m1/s1. The maximum absolute atomic E-state index is 13.1. The minimum Gasteiger partial charge on any atom is -0.368 e. The Labute approximate surface area is 139 Å². The van der Waals surface area contributed by atoms with Crippen molar-refractivity contribution < 1.29 is 17.9 Å². The van der Waals surface area contributed by atoms with Gasteiger partial charge in [0.15, 0.2) is 9.84 Å². The summed E-state index contributed by atoms with van der Waals surface area (Å²) < 4.78 is 31.7. The molecule has 2 aliphatic rings. The van der Waals surface area contributed by atoms with Gasteiger partial charge < -0.3 is 10.5 Å². The fourth-order valence-electron chi connectivity index (χ4n) is 3.68. The number of ether oxygens (including phenoxy) is 1. The van der Waals surface area contributed by atoms with E-state index in [-0.39, 0.29) is 6.61 Å². The summed E-state index contributed by atoms with van der Waals surface area (Å²) in [7, 11) is -3.52. The van der Waals surface area contributed by atoms with E-state index in [4.69, 9.17) is 10.5 Å². The summed E-state index contributed by atoms with van der Waals surface area (Å²) in [5.74, 6) is -0.528. The van der Waals surface area contributed by atoms with Crippen LogP contribution in [-0.4, -0.2) is 37.3 Å². The molecule has 126 valence electrons. The molecule has 4 rings (SSSR count). The number of rotatable bonds is 3. The molecular weight excluding hydrogens is 328 g/mol. The lowest BCUT2D eigenvalue weighted by Crippen LogP contribution is -2.27. The number of primary amides is 1. The van der Waals surface area contributed by atoms with Gasteiger partial charge in [-0.1, -0.05) is 6.07 Å². The van der Waals surface area contributed by atoms with Gasteiger partial charge in [0, 0.05) is 16.5 Å². The van der Waals surface area contributed by atoms with E-state index < -0.39 is 32.5 Å². The fourth-order valence-corrected chi connectivity index (χ4v) is 6.11. The Bertz CT molecular complexity index is 956. The molecule has 7 heteroatoms. The van der Waals surface area contributed by atoms with Crippen LogP contribution in [0.4, 0.5) is 0 Å². The summed E-state index contributed by atoms with van der Waals surface area (Å²) >= 11 is 0. The van der Waals surface area contributed by atoms with Gasteiger partial charge in [0.25, 0.3) is 0 Å². The van der Waals surface area contributed by atoms with E-state index in [1.807, 2.05) is 19.1 Å². The molecule has 1 aromatic carbocycles. The minimum absolute atomic E-state index is 0.270. The van der Waals surface area contributed by atoms with Crippen molar-refractivity contribution in [2.75, 3.05) is 6.61 Å². The van der Waals surface area contributed by atoms with E-state index >= 15 is 0 Å². The van der Waals surface area contributed by atoms with Crippen LogP contribution in [0.1, 0.15) is 18.5 Å². The Morgan fingerprint density at radius 2 is 2.08 bits per heavy atom. The lowest BCUT2D eigenvalue weighted by Gasteiger charge is -2.11. The molecule has 2 unspecified atom stereocenters. The molecule has 2 N–H and O–H groups in total. The van der Waals surface area contributed by atoms with Crippen LogP contribution in [0.3, 0.4) is 0 Å². The molecule has 1 spiro atoms. The molecule has 2 aromatic rings. The van der Waals surface area contributed by atoms with Crippen molar-refractivity contribution in [3.05, 3.63) is 36.0 Å². The number of fused-ring (bicyclic) bond motifs is 1. The SMILES string of the molecule is Cc1ccc2c(S(=O)(=O)[C@@H]3CC34COC(C(N)=O)C4)cccc2n1. The Morgan fingerprint density at radius 3 is 2.79 bits per heavy atom. The predicted molar refractivity (Wildman–Crippen MR) is 88.1 cm³/mol. The normalized spacial score (nSPS) is 29.2. The Morgan fingerprint density at radius 1 is 1.29 bits per heavy atom. The van der Waals surface area contributed by atoms with Gasteiger partial charge in [0.2, 0.25) is 5.91 Å². The van der Waals surface area contributed by atoms with Gasteiger partial charge in [-0.25, -0.2) is 8.42 Å². The van der Waals surface area contributed by atoms with Crippen molar-refractivity contribution in [2.24, 2.45) is 11.1 Å². The summed E-state index contributed by atoms with van der Waals surface area (Å²) in [5.41, 5.74) is 6.32. The van der Waals surface area contributed by atoms with Gasteiger partial charge in [-0.3, -0.25) is 9.78 Å². The number of carbonyl (C=O) groups is 1. The Hall–Kier alpha value is -1.99. The number of aryl methyl sites for hydroxylation is 1. The number of hydrogen-bond acceptors (Lipinski definition) is 5. The highest BCUT2D eigenvalue weighted by Crippen LogP contribution is 2.59. The summed E-state index contributed by atoms with van der Waals surface area (Å²) in [5, 5.41) is 0.108. The molecule has 1 amide bonds. The zero-order chi connectivity index (χ0) is 17.1. The lowest BCUT2D eigenvalue weighted by atomic mass is 10.0. The highest BCUT2D eigenvalue weighted by Gasteiger charge is 2.65. The molecule has 1 saturated heterocycles. The second kappa shape index (κ2) is 5.00. The number of sulfone groups is 1. The summed E-state index contributed by atoms with van der Waals surface area (Å²) in [6, 6.07) is 8.77. The molecule has 3 atom stereocenters. The van der Waals surface area contributed by atoms with Crippen molar-refractivity contribution >= 4 is 26.6 Å². The third-order valence-electron chi connectivity index (χ3n) is 5.11. The zero-order valence-electron chi connectivity index (χ0n) is 13.2. The Balaban J connectivity index is 1.72. The monoisotopic (exact) mass is 346 g/mol. The van der Waals surface area contributed by atoms with E-state index in [1.54, 1.807) is 18.2 Å². The lowest BCUT2D eigenvalue weighted by molar-refractivity contribution is -0.126. The molecule has 6 nitrogen and oxygen atoms in total. The van der Waals surface area contributed by atoms with Gasteiger partial charge in [0.1, 0.15) is 6.10 Å². The number of hydrogen-bond donors (Lipinski definition) is 1. The van der Waals surface area contributed by atoms with Crippen LogP contribution in [0.15, 0.2) is 35.2 Å². The first-order chi connectivity index (χ1) is 11.3. The second-order valence-corrected chi connectivity index (χ2v) is 8.88.